The van der Waals surface area contributed by atoms with E-state index in [2.05, 4.69) is 10.3 Å². The third-order valence-electron chi connectivity index (χ3n) is 4.34. The molecule has 0 aliphatic heterocycles. The fourth-order valence-electron chi connectivity index (χ4n) is 2.95. The minimum atomic E-state index is -0.320. The molecule has 2 heterocycles. The molecule has 0 aliphatic carbocycles. The number of carbonyl (C=O) groups is 1. The summed E-state index contributed by atoms with van der Waals surface area (Å²) in [6.45, 7) is 1.98. The summed E-state index contributed by atoms with van der Waals surface area (Å²) >= 11 is 1.43. The zero-order valence-electron chi connectivity index (χ0n) is 15.4. The van der Waals surface area contributed by atoms with Crippen LogP contribution in [0.4, 0.5) is 5.13 Å². The summed E-state index contributed by atoms with van der Waals surface area (Å²) < 4.78 is 10.6. The Labute approximate surface area is 166 Å². The van der Waals surface area contributed by atoms with Crippen LogP contribution in [0.1, 0.15) is 15.4 Å². The third-order valence-corrected chi connectivity index (χ3v) is 5.22. The van der Waals surface area contributed by atoms with E-state index < -0.39 is 0 Å². The molecule has 0 unspecified atom stereocenters. The van der Waals surface area contributed by atoms with E-state index >= 15 is 0 Å². The van der Waals surface area contributed by atoms with Gasteiger partial charge in [0.05, 0.1) is 19.1 Å². The van der Waals surface area contributed by atoms with Gasteiger partial charge in [-0.3, -0.25) is 10.1 Å². The number of hydrogen-bond acceptors (Lipinski definition) is 5. The van der Waals surface area contributed by atoms with Gasteiger partial charge in [-0.1, -0.05) is 30.3 Å². The molecule has 2 aromatic carbocycles. The predicted octanol–water partition coefficient (Wildman–Crippen LogP) is 5.64. The highest BCUT2D eigenvalue weighted by atomic mass is 32.1. The van der Waals surface area contributed by atoms with Gasteiger partial charge in [0.25, 0.3) is 5.91 Å². The van der Waals surface area contributed by atoms with Gasteiger partial charge in [0, 0.05) is 16.0 Å². The number of anilines is 1. The van der Waals surface area contributed by atoms with E-state index in [1.807, 2.05) is 61.5 Å². The Morgan fingerprint density at radius 1 is 1.04 bits per heavy atom. The highest BCUT2D eigenvalue weighted by molar-refractivity contribution is 7.16. The second-order valence-corrected chi connectivity index (χ2v) is 7.34. The standard InChI is InChI=1S/C22H18N2O3S/c1-14-19(16-8-10-17(26-2)11-9-16)23-22(28-14)24-21(25)20-18(12-13-27-20)15-6-4-3-5-7-15/h3-13H,1-2H3,(H,23,24,25). The first-order valence-electron chi connectivity index (χ1n) is 8.72. The Kier molecular flexibility index (Phi) is 4.95. The molecule has 1 N–H and O–H groups in total. The fourth-order valence-corrected chi connectivity index (χ4v) is 3.78. The molecule has 140 valence electrons. The van der Waals surface area contributed by atoms with Crippen LogP contribution >= 0.6 is 11.3 Å². The molecule has 0 bridgehead atoms. The molecule has 2 aromatic heterocycles. The van der Waals surface area contributed by atoms with Gasteiger partial charge in [-0.05, 0) is 42.8 Å². The Morgan fingerprint density at radius 3 is 2.50 bits per heavy atom. The van der Waals surface area contributed by atoms with Crippen molar-refractivity contribution < 1.29 is 13.9 Å². The second-order valence-electron chi connectivity index (χ2n) is 6.14. The van der Waals surface area contributed by atoms with Crippen LogP contribution in [0, 0.1) is 6.92 Å². The van der Waals surface area contributed by atoms with E-state index in [0.717, 1.165) is 33.0 Å². The number of nitrogens with zero attached hydrogens (tertiary/aromatic N) is 1. The van der Waals surface area contributed by atoms with Gasteiger partial charge in [-0.15, -0.1) is 11.3 Å². The van der Waals surface area contributed by atoms with E-state index in [9.17, 15) is 4.79 Å². The minimum Gasteiger partial charge on any atom is -0.497 e. The van der Waals surface area contributed by atoms with Crippen LogP contribution in [0.5, 0.6) is 5.75 Å². The highest BCUT2D eigenvalue weighted by Gasteiger charge is 2.19. The average Bonchev–Trinajstić information content (AvgIpc) is 3.35. The Hall–Kier alpha value is -3.38. The largest absolute Gasteiger partial charge is 0.497 e. The molecule has 28 heavy (non-hydrogen) atoms. The Morgan fingerprint density at radius 2 is 1.79 bits per heavy atom. The number of aromatic nitrogens is 1. The monoisotopic (exact) mass is 390 g/mol. The van der Waals surface area contributed by atoms with Crippen LogP contribution in [0.3, 0.4) is 0 Å². The molecule has 5 nitrogen and oxygen atoms in total. The van der Waals surface area contributed by atoms with Crippen molar-refractivity contribution in [2.24, 2.45) is 0 Å². The molecule has 0 saturated carbocycles. The minimum absolute atomic E-state index is 0.269. The maximum atomic E-state index is 12.8. The van der Waals surface area contributed by atoms with Crippen molar-refractivity contribution >= 4 is 22.4 Å². The van der Waals surface area contributed by atoms with Crippen molar-refractivity contribution in [1.82, 2.24) is 4.98 Å². The first kappa shape index (κ1) is 18.0. The smallest absolute Gasteiger partial charge is 0.293 e. The highest BCUT2D eigenvalue weighted by Crippen LogP contribution is 2.32. The first-order valence-corrected chi connectivity index (χ1v) is 9.53. The lowest BCUT2D eigenvalue weighted by Gasteiger charge is -2.03. The Bertz CT molecular complexity index is 1100. The summed E-state index contributed by atoms with van der Waals surface area (Å²) in [7, 11) is 1.63. The van der Waals surface area contributed by atoms with Crippen molar-refractivity contribution in [2.45, 2.75) is 6.92 Å². The number of ether oxygens (including phenoxy) is 1. The van der Waals surface area contributed by atoms with Crippen molar-refractivity contribution in [2.75, 3.05) is 12.4 Å². The summed E-state index contributed by atoms with van der Waals surface area (Å²) in [6.07, 6.45) is 1.52. The molecular formula is C22H18N2O3S. The third kappa shape index (κ3) is 3.54. The number of carbonyl (C=O) groups excluding carboxylic acids is 1. The van der Waals surface area contributed by atoms with Crippen LogP contribution in [0.25, 0.3) is 22.4 Å². The van der Waals surface area contributed by atoms with E-state index in [1.165, 1.54) is 17.6 Å². The number of furan rings is 1. The quantitative estimate of drug-likeness (QED) is 0.479. The molecule has 0 fully saturated rings. The summed E-state index contributed by atoms with van der Waals surface area (Å²) in [5, 5.41) is 3.39. The topological polar surface area (TPSA) is 64.4 Å². The maximum absolute atomic E-state index is 12.8. The van der Waals surface area contributed by atoms with Crippen molar-refractivity contribution in [3.8, 4) is 28.1 Å². The average molecular weight is 390 g/mol. The molecule has 0 radical (unpaired) electrons. The van der Waals surface area contributed by atoms with E-state index in [0.29, 0.717) is 5.13 Å². The van der Waals surface area contributed by atoms with Crippen LogP contribution < -0.4 is 10.1 Å². The maximum Gasteiger partial charge on any atom is 0.293 e. The van der Waals surface area contributed by atoms with Crippen molar-refractivity contribution in [3.05, 3.63) is 77.6 Å². The van der Waals surface area contributed by atoms with Gasteiger partial charge in [0.15, 0.2) is 10.9 Å². The van der Waals surface area contributed by atoms with Gasteiger partial charge in [-0.25, -0.2) is 4.98 Å². The van der Waals surface area contributed by atoms with E-state index in [-0.39, 0.29) is 11.7 Å². The lowest BCUT2D eigenvalue weighted by molar-refractivity contribution is 0.0997. The predicted molar refractivity (Wildman–Crippen MR) is 111 cm³/mol. The molecule has 1 amide bonds. The number of thiazole rings is 1. The molecular weight excluding hydrogens is 372 g/mol. The van der Waals surface area contributed by atoms with Gasteiger partial charge in [0.2, 0.25) is 0 Å². The summed E-state index contributed by atoms with van der Waals surface area (Å²) in [4.78, 5) is 18.4. The molecule has 0 aliphatic rings. The van der Waals surface area contributed by atoms with Gasteiger partial charge in [0.1, 0.15) is 5.75 Å². The molecule has 4 aromatic rings. The SMILES string of the molecule is COc1ccc(-c2nc(NC(=O)c3occc3-c3ccccc3)sc2C)cc1. The number of amides is 1. The fraction of sp³-hybridized carbons (Fsp3) is 0.0909. The zero-order valence-corrected chi connectivity index (χ0v) is 16.2. The number of rotatable bonds is 5. The van der Waals surface area contributed by atoms with Crippen LogP contribution in [-0.2, 0) is 0 Å². The molecule has 0 saturated heterocycles. The van der Waals surface area contributed by atoms with Crippen LogP contribution in [0.2, 0.25) is 0 Å². The number of benzene rings is 2. The summed E-state index contributed by atoms with van der Waals surface area (Å²) in [5.41, 5.74) is 3.49. The normalized spacial score (nSPS) is 10.6. The molecule has 0 spiro atoms. The number of methoxy groups -OCH3 is 1. The van der Waals surface area contributed by atoms with Gasteiger partial charge in [-0.2, -0.15) is 0 Å². The molecule has 0 atom stereocenters. The van der Waals surface area contributed by atoms with Gasteiger partial charge >= 0.3 is 0 Å². The van der Waals surface area contributed by atoms with E-state index in [1.54, 1.807) is 13.2 Å². The Balaban J connectivity index is 1.57. The number of hydrogen-bond donors (Lipinski definition) is 1. The lowest BCUT2D eigenvalue weighted by atomic mass is 10.1. The molecule has 4 rings (SSSR count). The van der Waals surface area contributed by atoms with E-state index in [4.69, 9.17) is 9.15 Å². The summed E-state index contributed by atoms with van der Waals surface area (Å²) in [6, 6.07) is 19.1. The van der Waals surface area contributed by atoms with Crippen LogP contribution in [0.15, 0.2) is 71.3 Å². The van der Waals surface area contributed by atoms with Crippen LogP contribution in [-0.4, -0.2) is 18.0 Å². The lowest BCUT2D eigenvalue weighted by Crippen LogP contribution is -2.11. The number of aryl methyl sites for hydroxylation is 1. The molecule has 6 heteroatoms. The number of nitrogens with one attached hydrogen (secondary N) is 1. The second kappa shape index (κ2) is 7.70. The van der Waals surface area contributed by atoms with Crippen molar-refractivity contribution in [3.63, 3.8) is 0 Å². The zero-order chi connectivity index (χ0) is 19.5. The summed E-state index contributed by atoms with van der Waals surface area (Å²) in [5.74, 6) is 0.736. The van der Waals surface area contributed by atoms with Crippen molar-refractivity contribution in [1.29, 1.82) is 0 Å². The first-order chi connectivity index (χ1) is 13.7. The van der Waals surface area contributed by atoms with Gasteiger partial charge < -0.3 is 9.15 Å².